The van der Waals surface area contributed by atoms with E-state index in [0.717, 1.165) is 5.56 Å². The normalized spacial score (nSPS) is 12.9. The van der Waals surface area contributed by atoms with Crippen molar-refractivity contribution in [2.24, 2.45) is 0 Å². The maximum Gasteiger partial charge on any atom is 0.321 e. The van der Waals surface area contributed by atoms with Gasteiger partial charge in [-0.1, -0.05) is 45.0 Å². The summed E-state index contributed by atoms with van der Waals surface area (Å²) in [6.45, 7) is 6.68. The van der Waals surface area contributed by atoms with Gasteiger partial charge in [0.1, 0.15) is 6.04 Å². The fourth-order valence-electron chi connectivity index (χ4n) is 1.79. The fraction of sp³-hybridized carbons (Fsp3) is 0.467. The van der Waals surface area contributed by atoms with E-state index >= 15 is 0 Å². The molecule has 0 radical (unpaired) electrons. The molecule has 0 aromatic heterocycles. The molecule has 0 fully saturated rings. The largest absolute Gasteiger partial charge is 0.481 e. The molecule has 1 aromatic rings. The van der Waals surface area contributed by atoms with Crippen LogP contribution in [0.5, 0.6) is 0 Å². The molecule has 5 heteroatoms. The van der Waals surface area contributed by atoms with E-state index in [1.807, 2.05) is 24.3 Å². The van der Waals surface area contributed by atoms with Crippen LogP contribution in [0.3, 0.4) is 0 Å². The molecule has 0 saturated heterocycles. The van der Waals surface area contributed by atoms with E-state index < -0.39 is 24.4 Å². The van der Waals surface area contributed by atoms with Gasteiger partial charge >= 0.3 is 11.9 Å². The predicted octanol–water partition coefficient (Wildman–Crippen LogP) is 2.00. The van der Waals surface area contributed by atoms with E-state index in [-0.39, 0.29) is 5.41 Å². The highest BCUT2D eigenvalue weighted by Gasteiger charge is 2.20. The molecule has 5 nitrogen and oxygen atoms in total. The first-order valence-electron chi connectivity index (χ1n) is 6.47. The van der Waals surface area contributed by atoms with E-state index in [2.05, 4.69) is 26.1 Å². The number of benzene rings is 1. The zero-order valence-electron chi connectivity index (χ0n) is 12.0. The molecule has 0 aliphatic carbocycles. The Hall–Kier alpha value is -1.88. The average molecular weight is 279 g/mol. The summed E-state index contributed by atoms with van der Waals surface area (Å²) < 4.78 is 0. The minimum Gasteiger partial charge on any atom is -0.481 e. The summed E-state index contributed by atoms with van der Waals surface area (Å²) >= 11 is 0. The number of aliphatic carboxylic acids is 2. The molecule has 110 valence electrons. The van der Waals surface area contributed by atoms with Crippen LogP contribution in [0.2, 0.25) is 0 Å². The van der Waals surface area contributed by atoms with E-state index in [1.165, 1.54) is 5.56 Å². The Bertz CT molecular complexity index is 474. The van der Waals surface area contributed by atoms with Gasteiger partial charge < -0.3 is 10.2 Å². The number of hydrogen-bond donors (Lipinski definition) is 3. The third kappa shape index (κ3) is 5.01. The zero-order valence-corrected chi connectivity index (χ0v) is 12.0. The Labute approximate surface area is 118 Å². The van der Waals surface area contributed by atoms with Gasteiger partial charge in [0.05, 0.1) is 6.42 Å². The van der Waals surface area contributed by atoms with Gasteiger partial charge in [0.15, 0.2) is 0 Å². The molecule has 0 aliphatic rings. The first kappa shape index (κ1) is 16.2. The molecule has 0 aliphatic heterocycles. The summed E-state index contributed by atoms with van der Waals surface area (Å²) in [5.41, 5.74) is 2.19. The van der Waals surface area contributed by atoms with Gasteiger partial charge in [0, 0.05) is 6.54 Å². The molecule has 1 aromatic carbocycles. The van der Waals surface area contributed by atoms with Crippen LogP contribution in [0.25, 0.3) is 0 Å². The molecule has 1 unspecified atom stereocenters. The second-order valence-electron chi connectivity index (χ2n) is 5.82. The number of carboxylic acid groups (broad SMARTS) is 2. The Kier molecular flexibility index (Phi) is 5.27. The highest BCUT2D eigenvalue weighted by atomic mass is 16.4. The molecular weight excluding hydrogens is 258 g/mol. The Morgan fingerprint density at radius 2 is 1.70 bits per heavy atom. The van der Waals surface area contributed by atoms with Crippen molar-refractivity contribution < 1.29 is 19.8 Å². The van der Waals surface area contributed by atoms with Gasteiger partial charge in [-0.2, -0.15) is 0 Å². The Morgan fingerprint density at radius 3 is 2.10 bits per heavy atom. The van der Waals surface area contributed by atoms with Gasteiger partial charge in [-0.25, -0.2) is 0 Å². The lowest BCUT2D eigenvalue weighted by Crippen LogP contribution is -2.38. The molecular formula is C15H21NO4. The van der Waals surface area contributed by atoms with Crippen LogP contribution < -0.4 is 5.32 Å². The van der Waals surface area contributed by atoms with Crippen molar-refractivity contribution in [1.82, 2.24) is 5.32 Å². The van der Waals surface area contributed by atoms with Crippen LogP contribution in [0.15, 0.2) is 24.3 Å². The standard InChI is InChI=1S/C15H21NO4/c1-15(2,3)11-6-4-10(5-7-11)9-16-12(14(19)20)8-13(17)18/h4-7,12,16H,8-9H2,1-3H3,(H,17,18)(H,19,20). The number of nitrogens with one attached hydrogen (secondary N) is 1. The monoisotopic (exact) mass is 279 g/mol. The average Bonchev–Trinajstić information content (AvgIpc) is 2.33. The van der Waals surface area contributed by atoms with Crippen molar-refractivity contribution >= 4 is 11.9 Å². The van der Waals surface area contributed by atoms with Crippen LogP contribution >= 0.6 is 0 Å². The second kappa shape index (κ2) is 6.52. The molecule has 0 amide bonds. The van der Waals surface area contributed by atoms with Gasteiger partial charge in [-0.3, -0.25) is 14.9 Å². The van der Waals surface area contributed by atoms with Crippen LogP contribution in [0.4, 0.5) is 0 Å². The lowest BCUT2D eigenvalue weighted by Gasteiger charge is -2.19. The van der Waals surface area contributed by atoms with E-state index in [0.29, 0.717) is 6.54 Å². The first-order valence-corrected chi connectivity index (χ1v) is 6.47. The van der Waals surface area contributed by atoms with Crippen molar-refractivity contribution in [3.05, 3.63) is 35.4 Å². The number of carboxylic acids is 2. The SMILES string of the molecule is CC(C)(C)c1ccc(CNC(CC(=O)O)C(=O)O)cc1. The summed E-state index contributed by atoms with van der Waals surface area (Å²) in [5.74, 6) is -2.29. The van der Waals surface area contributed by atoms with E-state index in [4.69, 9.17) is 10.2 Å². The van der Waals surface area contributed by atoms with Crippen molar-refractivity contribution in [3.8, 4) is 0 Å². The summed E-state index contributed by atoms with van der Waals surface area (Å²) in [4.78, 5) is 21.5. The summed E-state index contributed by atoms with van der Waals surface area (Å²) in [6.07, 6.45) is -0.435. The van der Waals surface area contributed by atoms with Gasteiger partial charge in [0.25, 0.3) is 0 Å². The van der Waals surface area contributed by atoms with E-state index in [9.17, 15) is 9.59 Å². The third-order valence-electron chi connectivity index (χ3n) is 3.05. The van der Waals surface area contributed by atoms with E-state index in [1.54, 1.807) is 0 Å². The minimum atomic E-state index is -1.15. The first-order chi connectivity index (χ1) is 9.20. The number of carbonyl (C=O) groups is 2. The molecule has 0 spiro atoms. The van der Waals surface area contributed by atoms with Crippen molar-refractivity contribution in [2.45, 2.75) is 45.2 Å². The third-order valence-corrected chi connectivity index (χ3v) is 3.05. The summed E-state index contributed by atoms with van der Waals surface area (Å²) in [5, 5.41) is 20.3. The maximum atomic E-state index is 10.9. The molecule has 0 heterocycles. The van der Waals surface area contributed by atoms with Crippen LogP contribution in [0.1, 0.15) is 38.3 Å². The Morgan fingerprint density at radius 1 is 1.15 bits per heavy atom. The maximum absolute atomic E-state index is 10.9. The molecule has 1 rings (SSSR count). The van der Waals surface area contributed by atoms with Gasteiger partial charge in [0.2, 0.25) is 0 Å². The zero-order chi connectivity index (χ0) is 15.3. The highest BCUT2D eigenvalue weighted by Crippen LogP contribution is 2.22. The van der Waals surface area contributed by atoms with Crippen LogP contribution in [-0.4, -0.2) is 28.2 Å². The topological polar surface area (TPSA) is 86.6 Å². The van der Waals surface area contributed by atoms with Crippen molar-refractivity contribution in [3.63, 3.8) is 0 Å². The molecule has 0 saturated carbocycles. The quantitative estimate of drug-likeness (QED) is 0.741. The Balaban J connectivity index is 2.64. The predicted molar refractivity (Wildman–Crippen MR) is 75.7 cm³/mol. The number of rotatable bonds is 6. The fourth-order valence-corrected chi connectivity index (χ4v) is 1.79. The van der Waals surface area contributed by atoms with Crippen LogP contribution in [-0.2, 0) is 21.5 Å². The molecule has 0 bridgehead atoms. The summed E-state index contributed by atoms with van der Waals surface area (Å²) in [6, 6.07) is 6.78. The van der Waals surface area contributed by atoms with Crippen molar-refractivity contribution in [2.75, 3.05) is 0 Å². The second-order valence-corrected chi connectivity index (χ2v) is 5.82. The molecule has 3 N–H and O–H groups in total. The number of hydrogen-bond acceptors (Lipinski definition) is 3. The smallest absolute Gasteiger partial charge is 0.321 e. The van der Waals surface area contributed by atoms with Crippen LogP contribution in [0, 0.1) is 0 Å². The summed E-state index contributed by atoms with van der Waals surface area (Å²) in [7, 11) is 0. The van der Waals surface area contributed by atoms with Gasteiger partial charge in [-0.05, 0) is 16.5 Å². The lowest BCUT2D eigenvalue weighted by atomic mass is 9.87. The molecule has 20 heavy (non-hydrogen) atoms. The lowest BCUT2D eigenvalue weighted by molar-refractivity contribution is -0.146. The van der Waals surface area contributed by atoms with Crippen molar-refractivity contribution in [1.29, 1.82) is 0 Å². The highest BCUT2D eigenvalue weighted by molar-refractivity contribution is 5.80. The van der Waals surface area contributed by atoms with Gasteiger partial charge in [-0.15, -0.1) is 0 Å². The molecule has 1 atom stereocenters. The minimum absolute atomic E-state index is 0.0683.